The first kappa shape index (κ1) is 20.9. The van der Waals surface area contributed by atoms with E-state index >= 15 is 0 Å². The Balaban J connectivity index is 1.39. The van der Waals surface area contributed by atoms with Crippen molar-refractivity contribution in [2.24, 2.45) is 11.7 Å². The van der Waals surface area contributed by atoms with Crippen molar-refractivity contribution in [1.29, 1.82) is 0 Å². The first-order valence-corrected chi connectivity index (χ1v) is 10.2. The number of ether oxygens (including phenoxy) is 3. The Morgan fingerprint density at radius 3 is 2.57 bits per heavy atom. The van der Waals surface area contributed by atoms with Gasteiger partial charge in [-0.15, -0.1) is 0 Å². The third kappa shape index (κ3) is 4.22. The fourth-order valence-electron chi connectivity index (χ4n) is 4.44. The number of nitrogens with two attached hydrogens (primary N) is 1. The number of methoxy groups -OCH3 is 1. The van der Waals surface area contributed by atoms with E-state index in [1.165, 1.54) is 0 Å². The zero-order chi connectivity index (χ0) is 21.3. The quantitative estimate of drug-likeness (QED) is 0.521. The lowest BCUT2D eigenvalue weighted by Crippen LogP contribution is -2.66. The Morgan fingerprint density at radius 1 is 1.23 bits per heavy atom. The molecular formula is C20H28N4O6. The molecule has 0 aromatic heterocycles. The van der Waals surface area contributed by atoms with Crippen LogP contribution in [0.4, 0.5) is 10.5 Å². The molecule has 164 valence electrons. The molecule has 3 aliphatic heterocycles. The first-order chi connectivity index (χ1) is 14.5. The maximum atomic E-state index is 12.5. The number of amides is 3. The minimum absolute atomic E-state index is 0.149. The smallest absolute Gasteiger partial charge is 0.319 e. The summed E-state index contributed by atoms with van der Waals surface area (Å²) in [7, 11) is 1.57. The van der Waals surface area contributed by atoms with Crippen LogP contribution in [0.15, 0.2) is 24.3 Å². The van der Waals surface area contributed by atoms with Gasteiger partial charge in [0.25, 0.3) is 0 Å². The summed E-state index contributed by atoms with van der Waals surface area (Å²) in [5, 5.41) is 16.7. The van der Waals surface area contributed by atoms with Crippen molar-refractivity contribution in [3.63, 3.8) is 0 Å². The van der Waals surface area contributed by atoms with E-state index in [1.807, 2.05) is 0 Å². The summed E-state index contributed by atoms with van der Waals surface area (Å²) in [5.41, 5.74) is 6.02. The highest BCUT2D eigenvalue weighted by Gasteiger charge is 2.53. The number of carbonyl (C=O) groups excluding carboxylic acids is 2. The Morgan fingerprint density at radius 2 is 1.93 bits per heavy atom. The highest BCUT2D eigenvalue weighted by molar-refractivity contribution is 5.89. The summed E-state index contributed by atoms with van der Waals surface area (Å²) >= 11 is 0. The third-order valence-corrected chi connectivity index (χ3v) is 6.13. The zero-order valence-corrected chi connectivity index (χ0v) is 16.8. The first-order valence-electron chi connectivity index (χ1n) is 10.2. The van der Waals surface area contributed by atoms with Gasteiger partial charge in [0.2, 0.25) is 5.91 Å². The summed E-state index contributed by atoms with van der Waals surface area (Å²) < 4.78 is 16.8. The van der Waals surface area contributed by atoms with Crippen molar-refractivity contribution >= 4 is 17.6 Å². The molecule has 5 atom stereocenters. The van der Waals surface area contributed by atoms with Crippen LogP contribution in [0.2, 0.25) is 0 Å². The van der Waals surface area contributed by atoms with E-state index in [-0.39, 0.29) is 11.8 Å². The van der Waals surface area contributed by atoms with Crippen LogP contribution >= 0.6 is 0 Å². The molecule has 4 rings (SSSR count). The number of aliphatic hydroxyl groups excluding tert-OH is 1. The van der Waals surface area contributed by atoms with E-state index in [9.17, 15) is 14.7 Å². The number of urea groups is 1. The Hall–Kier alpha value is -2.40. The predicted molar refractivity (Wildman–Crippen MR) is 107 cm³/mol. The van der Waals surface area contributed by atoms with Crippen LogP contribution in [0.3, 0.4) is 0 Å². The molecule has 10 heteroatoms. The molecule has 3 amide bonds. The minimum Gasteiger partial charge on any atom is -0.497 e. The van der Waals surface area contributed by atoms with E-state index in [2.05, 4.69) is 15.5 Å². The molecule has 3 fully saturated rings. The third-order valence-electron chi connectivity index (χ3n) is 6.13. The molecule has 0 saturated carbocycles. The van der Waals surface area contributed by atoms with Crippen LogP contribution in [-0.2, 0) is 14.3 Å². The number of piperidine rings is 1. The van der Waals surface area contributed by atoms with Crippen LogP contribution < -0.4 is 21.1 Å². The van der Waals surface area contributed by atoms with E-state index in [0.717, 1.165) is 0 Å². The number of hydrogen-bond donors (Lipinski definition) is 4. The number of benzene rings is 1. The average Bonchev–Trinajstić information content (AvgIpc) is 3.17. The lowest BCUT2D eigenvalue weighted by Gasteiger charge is -2.45. The van der Waals surface area contributed by atoms with E-state index in [1.54, 1.807) is 31.4 Å². The highest BCUT2D eigenvalue weighted by Crippen LogP contribution is 2.33. The van der Waals surface area contributed by atoms with Crippen molar-refractivity contribution in [2.75, 3.05) is 32.1 Å². The van der Waals surface area contributed by atoms with Crippen LogP contribution in [0, 0.1) is 5.92 Å². The number of nitrogens with zero attached hydrogens (tertiary/aromatic N) is 1. The van der Waals surface area contributed by atoms with Gasteiger partial charge in [0.15, 0.2) is 6.29 Å². The van der Waals surface area contributed by atoms with Gasteiger partial charge in [0.05, 0.1) is 31.9 Å². The SMILES string of the molecule is COc1ccc(NC(=O)NC2C3COC(O3)C(N3CCC(C(N)=O)CC3)C2O)cc1. The van der Waals surface area contributed by atoms with Gasteiger partial charge in [0, 0.05) is 11.6 Å². The van der Waals surface area contributed by atoms with E-state index < -0.39 is 36.6 Å². The second-order valence-electron chi connectivity index (χ2n) is 7.92. The molecule has 1 aromatic rings. The standard InChI is InChI=1S/C20H28N4O6/c1-28-13-4-2-12(3-5-13)22-20(27)23-15-14-10-29-19(30-14)16(17(15)25)24-8-6-11(7-9-24)18(21)26/h2-5,11,14-17,19,25H,6-10H2,1H3,(H2,21,26)(H2,22,23,27). The number of primary amides is 1. The maximum absolute atomic E-state index is 12.5. The highest BCUT2D eigenvalue weighted by atomic mass is 16.7. The average molecular weight is 420 g/mol. The van der Waals surface area contributed by atoms with Crippen LogP contribution in [0.5, 0.6) is 5.75 Å². The molecular weight excluding hydrogens is 392 g/mol. The maximum Gasteiger partial charge on any atom is 0.319 e. The topological polar surface area (TPSA) is 135 Å². The van der Waals surface area contributed by atoms with Crippen molar-refractivity contribution in [3.8, 4) is 5.75 Å². The molecule has 0 radical (unpaired) electrons. The largest absolute Gasteiger partial charge is 0.497 e. The number of anilines is 1. The van der Waals surface area contributed by atoms with Crippen molar-refractivity contribution in [3.05, 3.63) is 24.3 Å². The molecule has 5 unspecified atom stereocenters. The molecule has 0 aliphatic carbocycles. The number of hydrogen-bond acceptors (Lipinski definition) is 7. The summed E-state index contributed by atoms with van der Waals surface area (Å²) in [6.07, 6.45) is -0.595. The van der Waals surface area contributed by atoms with Crippen LogP contribution in [0.1, 0.15) is 12.8 Å². The van der Waals surface area contributed by atoms with Crippen LogP contribution in [0.25, 0.3) is 0 Å². The summed E-state index contributed by atoms with van der Waals surface area (Å²) in [6, 6.07) is 5.46. The lowest BCUT2D eigenvalue weighted by atomic mass is 9.90. The Kier molecular flexibility index (Phi) is 6.09. The molecule has 0 spiro atoms. The Bertz CT molecular complexity index is 767. The van der Waals surface area contributed by atoms with Gasteiger partial charge >= 0.3 is 6.03 Å². The molecule has 30 heavy (non-hydrogen) atoms. The second kappa shape index (κ2) is 8.76. The monoisotopic (exact) mass is 420 g/mol. The van der Waals surface area contributed by atoms with Gasteiger partial charge in [-0.05, 0) is 50.2 Å². The molecule has 2 bridgehead atoms. The van der Waals surface area contributed by atoms with Crippen LogP contribution in [-0.4, -0.2) is 79.3 Å². The molecule has 3 saturated heterocycles. The van der Waals surface area contributed by atoms with Gasteiger partial charge in [-0.2, -0.15) is 0 Å². The van der Waals surface area contributed by atoms with Gasteiger partial charge in [0.1, 0.15) is 11.9 Å². The van der Waals surface area contributed by atoms with Crippen molar-refractivity contribution in [2.45, 2.75) is 43.4 Å². The number of rotatable bonds is 5. The normalized spacial score (nSPS) is 31.9. The lowest BCUT2D eigenvalue weighted by molar-refractivity contribution is -0.184. The van der Waals surface area contributed by atoms with Gasteiger partial charge in [-0.25, -0.2) is 4.79 Å². The number of aliphatic hydroxyl groups is 1. The summed E-state index contributed by atoms with van der Waals surface area (Å²) in [6.45, 7) is 1.51. The van der Waals surface area contributed by atoms with Gasteiger partial charge in [-0.1, -0.05) is 0 Å². The fourth-order valence-corrected chi connectivity index (χ4v) is 4.44. The number of nitrogens with one attached hydrogen (secondary N) is 2. The second-order valence-corrected chi connectivity index (χ2v) is 7.92. The molecule has 5 N–H and O–H groups in total. The van der Waals surface area contributed by atoms with E-state index in [4.69, 9.17) is 19.9 Å². The Labute approximate surface area is 174 Å². The van der Waals surface area contributed by atoms with E-state index in [0.29, 0.717) is 44.0 Å². The molecule has 3 aliphatic rings. The molecule has 10 nitrogen and oxygen atoms in total. The number of fused-ring (bicyclic) bond motifs is 2. The minimum atomic E-state index is -0.872. The predicted octanol–water partition coefficient (Wildman–Crippen LogP) is -0.133. The fraction of sp³-hybridized carbons (Fsp3) is 0.600. The summed E-state index contributed by atoms with van der Waals surface area (Å²) in [4.78, 5) is 26.0. The zero-order valence-electron chi connectivity index (χ0n) is 16.8. The molecule has 3 heterocycles. The van der Waals surface area contributed by atoms with Crippen molar-refractivity contribution < 1.29 is 28.9 Å². The number of likely N-dealkylation sites (tertiary alicyclic amines) is 1. The van der Waals surface area contributed by atoms with Crippen molar-refractivity contribution in [1.82, 2.24) is 10.2 Å². The summed E-state index contributed by atoms with van der Waals surface area (Å²) in [5.74, 6) is 0.250. The number of carbonyl (C=O) groups is 2. The van der Waals surface area contributed by atoms with Gasteiger partial charge in [-0.3, -0.25) is 9.69 Å². The van der Waals surface area contributed by atoms with Gasteiger partial charge < -0.3 is 35.7 Å². The molecule has 1 aromatic carbocycles.